The predicted molar refractivity (Wildman–Crippen MR) is 75.2 cm³/mol. The molecule has 0 saturated carbocycles. The molecular formula is C13H17N3O2S. The predicted octanol–water partition coefficient (Wildman–Crippen LogP) is 1.25. The summed E-state index contributed by atoms with van der Waals surface area (Å²) < 4.78 is 27.1. The SMILES string of the molecule is NCCCCNS(=O)(=O)c1cccc2ncccc12. The summed E-state index contributed by atoms with van der Waals surface area (Å²) in [4.78, 5) is 4.43. The van der Waals surface area contributed by atoms with Crippen molar-refractivity contribution in [3.63, 3.8) is 0 Å². The molecule has 0 atom stereocenters. The van der Waals surface area contributed by atoms with Crippen molar-refractivity contribution in [2.75, 3.05) is 13.1 Å². The minimum absolute atomic E-state index is 0.269. The molecule has 1 aromatic carbocycles. The molecule has 0 aliphatic heterocycles. The second-order valence-corrected chi connectivity index (χ2v) is 5.96. The van der Waals surface area contributed by atoms with Gasteiger partial charge in [-0.25, -0.2) is 13.1 Å². The largest absolute Gasteiger partial charge is 0.330 e. The lowest BCUT2D eigenvalue weighted by Crippen LogP contribution is -2.25. The van der Waals surface area contributed by atoms with E-state index in [-0.39, 0.29) is 4.90 Å². The van der Waals surface area contributed by atoms with Gasteiger partial charge in [0.25, 0.3) is 0 Å². The van der Waals surface area contributed by atoms with Crippen LogP contribution >= 0.6 is 0 Å². The van der Waals surface area contributed by atoms with Crippen LogP contribution in [-0.2, 0) is 10.0 Å². The van der Waals surface area contributed by atoms with Crippen LogP contribution in [0, 0.1) is 0 Å². The zero-order valence-corrected chi connectivity index (χ0v) is 11.4. The van der Waals surface area contributed by atoms with Crippen molar-refractivity contribution in [2.45, 2.75) is 17.7 Å². The minimum atomic E-state index is -3.50. The molecule has 0 saturated heterocycles. The Morgan fingerprint density at radius 2 is 2.00 bits per heavy atom. The molecular weight excluding hydrogens is 262 g/mol. The van der Waals surface area contributed by atoms with E-state index in [4.69, 9.17) is 5.73 Å². The number of aromatic nitrogens is 1. The Morgan fingerprint density at radius 1 is 1.16 bits per heavy atom. The van der Waals surface area contributed by atoms with Gasteiger partial charge >= 0.3 is 0 Å². The molecule has 0 bridgehead atoms. The highest BCUT2D eigenvalue weighted by Crippen LogP contribution is 2.20. The summed E-state index contributed by atoms with van der Waals surface area (Å²) in [6, 6.07) is 8.58. The summed E-state index contributed by atoms with van der Waals surface area (Å²) in [6.45, 7) is 0.968. The van der Waals surface area contributed by atoms with E-state index in [0.29, 0.717) is 24.0 Å². The molecule has 0 unspecified atom stereocenters. The van der Waals surface area contributed by atoms with Crippen LogP contribution in [0.4, 0.5) is 0 Å². The Hall–Kier alpha value is -1.50. The van der Waals surface area contributed by atoms with Crippen LogP contribution in [0.1, 0.15) is 12.8 Å². The molecule has 6 heteroatoms. The standard InChI is InChI=1S/C13H17N3O2S/c14-8-1-2-10-16-19(17,18)13-7-3-6-12-11(13)5-4-9-15-12/h3-7,9,16H,1-2,8,10,14H2. The fourth-order valence-electron chi connectivity index (χ4n) is 1.86. The second kappa shape index (κ2) is 6.10. The van der Waals surface area contributed by atoms with Gasteiger partial charge in [0.05, 0.1) is 10.4 Å². The van der Waals surface area contributed by atoms with Crippen molar-refractivity contribution >= 4 is 20.9 Å². The first-order valence-corrected chi connectivity index (χ1v) is 7.67. The first-order chi connectivity index (χ1) is 9.15. The zero-order valence-electron chi connectivity index (χ0n) is 10.5. The van der Waals surface area contributed by atoms with Gasteiger partial charge in [0, 0.05) is 18.1 Å². The smallest absolute Gasteiger partial charge is 0.241 e. The van der Waals surface area contributed by atoms with Crippen LogP contribution in [0.25, 0.3) is 10.9 Å². The van der Waals surface area contributed by atoms with Crippen LogP contribution in [0.3, 0.4) is 0 Å². The average Bonchev–Trinajstić information content (AvgIpc) is 2.43. The first-order valence-electron chi connectivity index (χ1n) is 6.18. The Kier molecular flexibility index (Phi) is 4.47. The van der Waals surface area contributed by atoms with Crippen molar-refractivity contribution in [1.82, 2.24) is 9.71 Å². The summed E-state index contributed by atoms with van der Waals surface area (Å²) in [6.07, 6.45) is 3.19. The fourth-order valence-corrected chi connectivity index (χ4v) is 3.15. The average molecular weight is 279 g/mol. The molecule has 5 nitrogen and oxygen atoms in total. The summed E-state index contributed by atoms with van der Waals surface area (Å²) in [5, 5.41) is 0.635. The third-order valence-electron chi connectivity index (χ3n) is 2.82. The number of rotatable bonds is 6. The quantitative estimate of drug-likeness (QED) is 0.779. The van der Waals surface area contributed by atoms with E-state index in [9.17, 15) is 8.42 Å². The number of benzene rings is 1. The summed E-state index contributed by atoms with van der Waals surface area (Å²) in [5.74, 6) is 0. The summed E-state index contributed by atoms with van der Waals surface area (Å²) >= 11 is 0. The molecule has 2 rings (SSSR count). The first kappa shape index (κ1) is 13.9. The van der Waals surface area contributed by atoms with Gasteiger partial charge in [0.2, 0.25) is 10.0 Å². The zero-order chi connectivity index (χ0) is 13.7. The number of pyridine rings is 1. The van der Waals surface area contributed by atoms with E-state index >= 15 is 0 Å². The van der Waals surface area contributed by atoms with E-state index < -0.39 is 10.0 Å². The van der Waals surface area contributed by atoms with Crippen LogP contribution in [0.5, 0.6) is 0 Å². The van der Waals surface area contributed by atoms with Crippen molar-refractivity contribution in [1.29, 1.82) is 0 Å². The summed E-state index contributed by atoms with van der Waals surface area (Å²) in [7, 11) is -3.50. The van der Waals surface area contributed by atoms with Crippen LogP contribution in [-0.4, -0.2) is 26.5 Å². The monoisotopic (exact) mass is 279 g/mol. The van der Waals surface area contributed by atoms with Gasteiger partial charge < -0.3 is 5.73 Å². The third-order valence-corrected chi connectivity index (χ3v) is 4.34. The van der Waals surface area contributed by atoms with Gasteiger partial charge in [0.15, 0.2) is 0 Å². The van der Waals surface area contributed by atoms with Gasteiger partial charge in [0.1, 0.15) is 0 Å². The Morgan fingerprint density at radius 3 is 2.79 bits per heavy atom. The second-order valence-electron chi connectivity index (χ2n) is 4.22. The number of hydrogen-bond acceptors (Lipinski definition) is 4. The van der Waals surface area contributed by atoms with Gasteiger partial charge in [-0.05, 0) is 43.7 Å². The molecule has 19 heavy (non-hydrogen) atoms. The Labute approximate surface area is 112 Å². The topological polar surface area (TPSA) is 85.1 Å². The third kappa shape index (κ3) is 3.28. The van der Waals surface area contributed by atoms with Crippen molar-refractivity contribution in [3.8, 4) is 0 Å². The van der Waals surface area contributed by atoms with Crippen LogP contribution < -0.4 is 10.5 Å². The molecule has 102 valence electrons. The van der Waals surface area contributed by atoms with E-state index in [2.05, 4.69) is 9.71 Å². The molecule has 1 aromatic heterocycles. The van der Waals surface area contributed by atoms with Crippen LogP contribution in [0.15, 0.2) is 41.4 Å². The molecule has 0 aliphatic carbocycles. The van der Waals surface area contributed by atoms with Gasteiger partial charge in [-0.15, -0.1) is 0 Å². The molecule has 1 heterocycles. The molecule has 0 amide bonds. The molecule has 0 aliphatic rings. The van der Waals surface area contributed by atoms with E-state index in [1.807, 2.05) is 0 Å². The lowest BCUT2D eigenvalue weighted by molar-refractivity contribution is 0.578. The fraction of sp³-hybridized carbons (Fsp3) is 0.308. The van der Waals surface area contributed by atoms with Crippen LogP contribution in [0.2, 0.25) is 0 Å². The van der Waals surface area contributed by atoms with Crippen molar-refractivity contribution in [2.24, 2.45) is 5.73 Å². The molecule has 3 N–H and O–H groups in total. The number of nitrogens with one attached hydrogen (secondary N) is 1. The number of unbranched alkanes of at least 4 members (excludes halogenated alkanes) is 1. The van der Waals surface area contributed by atoms with E-state index in [1.165, 1.54) is 0 Å². The maximum Gasteiger partial charge on any atom is 0.241 e. The molecule has 0 spiro atoms. The lowest BCUT2D eigenvalue weighted by Gasteiger charge is -2.08. The summed E-state index contributed by atoms with van der Waals surface area (Å²) in [5.41, 5.74) is 6.05. The van der Waals surface area contributed by atoms with E-state index in [1.54, 1.807) is 36.5 Å². The maximum absolute atomic E-state index is 12.2. The van der Waals surface area contributed by atoms with E-state index in [0.717, 1.165) is 12.8 Å². The molecule has 0 radical (unpaired) electrons. The Bertz CT molecular complexity index is 650. The van der Waals surface area contributed by atoms with Crippen molar-refractivity contribution in [3.05, 3.63) is 36.5 Å². The highest BCUT2D eigenvalue weighted by molar-refractivity contribution is 7.89. The number of nitrogens with zero attached hydrogens (tertiary/aromatic N) is 1. The van der Waals surface area contributed by atoms with Gasteiger partial charge in [-0.1, -0.05) is 6.07 Å². The number of nitrogens with two attached hydrogens (primary N) is 1. The maximum atomic E-state index is 12.2. The lowest BCUT2D eigenvalue weighted by atomic mass is 10.2. The van der Waals surface area contributed by atoms with Gasteiger partial charge in [-0.3, -0.25) is 4.98 Å². The minimum Gasteiger partial charge on any atom is -0.330 e. The normalized spacial score (nSPS) is 11.8. The Balaban J connectivity index is 2.28. The number of fused-ring (bicyclic) bond motifs is 1. The molecule has 0 fully saturated rings. The number of sulfonamides is 1. The number of hydrogen-bond donors (Lipinski definition) is 2. The highest BCUT2D eigenvalue weighted by Gasteiger charge is 2.16. The highest BCUT2D eigenvalue weighted by atomic mass is 32.2. The van der Waals surface area contributed by atoms with Gasteiger partial charge in [-0.2, -0.15) is 0 Å². The van der Waals surface area contributed by atoms with Crippen molar-refractivity contribution < 1.29 is 8.42 Å². The molecule has 2 aromatic rings.